The van der Waals surface area contributed by atoms with Gasteiger partial charge in [0.2, 0.25) is 0 Å². The molecule has 0 bridgehead atoms. The molecular weight excluding hydrogens is 332 g/mol. The number of amidine groups is 1. The molecule has 0 saturated heterocycles. The maximum atomic E-state index is 12.4. The summed E-state index contributed by atoms with van der Waals surface area (Å²) in [5.41, 5.74) is 8.34. The van der Waals surface area contributed by atoms with Gasteiger partial charge in [-0.05, 0) is 48.6 Å². The predicted molar refractivity (Wildman–Crippen MR) is 102 cm³/mol. The summed E-state index contributed by atoms with van der Waals surface area (Å²) in [5, 5.41) is 3.64. The van der Waals surface area contributed by atoms with Crippen LogP contribution in [0.3, 0.4) is 0 Å². The molecule has 1 aromatic carbocycles. The van der Waals surface area contributed by atoms with Crippen LogP contribution in [-0.2, 0) is 5.54 Å². The molecule has 0 unspecified atom stereocenters. The first-order chi connectivity index (χ1) is 12.2. The van der Waals surface area contributed by atoms with Gasteiger partial charge in [-0.15, -0.1) is 0 Å². The zero-order chi connectivity index (χ0) is 17.3. The summed E-state index contributed by atoms with van der Waals surface area (Å²) in [6.07, 6.45) is 6.59. The monoisotopic (exact) mass is 352 g/mol. The average molecular weight is 352 g/mol. The third kappa shape index (κ3) is 3.02. The molecular formula is C19H20N4OS. The van der Waals surface area contributed by atoms with E-state index in [9.17, 15) is 4.79 Å². The van der Waals surface area contributed by atoms with E-state index in [0.717, 1.165) is 29.8 Å². The Bertz CT molecular complexity index is 823. The fourth-order valence-electron chi connectivity index (χ4n) is 3.86. The summed E-state index contributed by atoms with van der Waals surface area (Å²) < 4.78 is 0. The molecule has 25 heavy (non-hydrogen) atoms. The van der Waals surface area contributed by atoms with Gasteiger partial charge in [0.1, 0.15) is 0 Å². The molecule has 128 valence electrons. The molecule has 1 aliphatic carbocycles. The number of hydrogen-bond acceptors (Lipinski definition) is 5. The molecule has 5 nitrogen and oxygen atoms in total. The fraction of sp³-hybridized carbons (Fsp3) is 0.316. The van der Waals surface area contributed by atoms with Crippen molar-refractivity contribution in [3.8, 4) is 0 Å². The maximum Gasteiger partial charge on any atom is 0.255 e. The molecule has 1 aromatic heterocycles. The van der Waals surface area contributed by atoms with Gasteiger partial charge >= 0.3 is 0 Å². The van der Waals surface area contributed by atoms with Crippen LogP contribution in [0.15, 0.2) is 53.8 Å². The van der Waals surface area contributed by atoms with Crippen molar-refractivity contribution in [3.05, 3.63) is 59.9 Å². The summed E-state index contributed by atoms with van der Waals surface area (Å²) in [6, 6.07) is 11.4. The smallest absolute Gasteiger partial charge is 0.255 e. The molecule has 0 spiro atoms. The molecule has 2 heterocycles. The lowest BCUT2D eigenvalue weighted by Crippen LogP contribution is -2.36. The van der Waals surface area contributed by atoms with Gasteiger partial charge in [-0.1, -0.05) is 30.3 Å². The summed E-state index contributed by atoms with van der Waals surface area (Å²) in [5.74, 6) is 1.39. The van der Waals surface area contributed by atoms with E-state index in [1.165, 1.54) is 6.42 Å². The standard InChI is InChI=1S/C19H20N4OS/c20-18-23-19(8-2-4-15(19)12-25-18)14-3-1-5-16(11-14)22-17(24)13-6-9-21-10-7-13/h1,3,5-7,9-11,15H,2,4,8,12H2,(H2,20,23)(H,22,24)/t15-,19+/m0/s1. The molecule has 1 fully saturated rings. The van der Waals surface area contributed by atoms with Crippen LogP contribution in [0.2, 0.25) is 0 Å². The van der Waals surface area contributed by atoms with E-state index in [1.807, 2.05) is 18.2 Å². The molecule has 2 aliphatic rings. The summed E-state index contributed by atoms with van der Waals surface area (Å²) in [4.78, 5) is 21.2. The highest BCUT2D eigenvalue weighted by Gasteiger charge is 2.46. The Morgan fingerprint density at radius 1 is 1.28 bits per heavy atom. The zero-order valence-electron chi connectivity index (χ0n) is 13.8. The van der Waals surface area contributed by atoms with Crippen LogP contribution in [0.4, 0.5) is 5.69 Å². The van der Waals surface area contributed by atoms with Crippen molar-refractivity contribution in [2.75, 3.05) is 11.1 Å². The molecule has 4 rings (SSSR count). The Kier molecular flexibility index (Phi) is 4.21. The molecule has 0 radical (unpaired) electrons. The first-order valence-corrected chi connectivity index (χ1v) is 9.46. The molecule has 6 heteroatoms. The number of anilines is 1. The highest BCUT2D eigenvalue weighted by atomic mass is 32.2. The Labute approximate surface area is 151 Å². The Morgan fingerprint density at radius 2 is 2.12 bits per heavy atom. The molecule has 1 saturated carbocycles. The van der Waals surface area contributed by atoms with Gasteiger partial charge in [-0.2, -0.15) is 0 Å². The minimum absolute atomic E-state index is 0.137. The van der Waals surface area contributed by atoms with Gasteiger partial charge < -0.3 is 11.1 Å². The fourth-order valence-corrected chi connectivity index (χ4v) is 4.90. The number of fused-ring (bicyclic) bond motifs is 1. The molecule has 3 N–H and O–H groups in total. The first-order valence-electron chi connectivity index (χ1n) is 8.47. The number of aromatic nitrogens is 1. The van der Waals surface area contributed by atoms with Crippen LogP contribution in [0.1, 0.15) is 35.2 Å². The minimum Gasteiger partial charge on any atom is -0.379 e. The van der Waals surface area contributed by atoms with E-state index in [4.69, 9.17) is 10.7 Å². The Balaban J connectivity index is 1.64. The van der Waals surface area contributed by atoms with E-state index in [-0.39, 0.29) is 11.4 Å². The molecule has 1 amide bonds. The number of nitrogens with zero attached hydrogens (tertiary/aromatic N) is 2. The minimum atomic E-state index is -0.229. The van der Waals surface area contributed by atoms with Crippen molar-refractivity contribution in [3.63, 3.8) is 0 Å². The van der Waals surface area contributed by atoms with E-state index in [0.29, 0.717) is 16.6 Å². The summed E-state index contributed by atoms with van der Waals surface area (Å²) >= 11 is 1.65. The number of amides is 1. The van der Waals surface area contributed by atoms with Crippen molar-refractivity contribution in [1.82, 2.24) is 4.98 Å². The van der Waals surface area contributed by atoms with Gasteiger partial charge in [-0.25, -0.2) is 0 Å². The number of rotatable bonds is 3. The van der Waals surface area contributed by atoms with E-state index >= 15 is 0 Å². The lowest BCUT2D eigenvalue weighted by atomic mass is 9.81. The van der Waals surface area contributed by atoms with Crippen molar-refractivity contribution < 1.29 is 4.79 Å². The van der Waals surface area contributed by atoms with Crippen LogP contribution in [0.25, 0.3) is 0 Å². The number of pyridine rings is 1. The Morgan fingerprint density at radius 3 is 2.96 bits per heavy atom. The molecule has 2 aromatic rings. The second kappa shape index (κ2) is 6.52. The van der Waals surface area contributed by atoms with E-state index in [2.05, 4.69) is 16.4 Å². The highest BCUT2D eigenvalue weighted by Crippen LogP contribution is 2.50. The van der Waals surface area contributed by atoms with Crippen molar-refractivity contribution in [2.45, 2.75) is 24.8 Å². The highest BCUT2D eigenvalue weighted by molar-refractivity contribution is 8.13. The number of aliphatic imine (C=N–C) groups is 1. The number of benzene rings is 1. The second-order valence-electron chi connectivity index (χ2n) is 6.55. The van der Waals surface area contributed by atoms with Crippen molar-refractivity contribution in [1.29, 1.82) is 0 Å². The van der Waals surface area contributed by atoms with Crippen LogP contribution in [0.5, 0.6) is 0 Å². The number of carbonyl (C=O) groups is 1. The predicted octanol–water partition coefficient (Wildman–Crippen LogP) is 3.39. The summed E-state index contributed by atoms with van der Waals surface area (Å²) in [6.45, 7) is 0. The zero-order valence-corrected chi connectivity index (χ0v) is 14.6. The largest absolute Gasteiger partial charge is 0.379 e. The quantitative estimate of drug-likeness (QED) is 0.887. The van der Waals surface area contributed by atoms with Crippen LogP contribution >= 0.6 is 11.8 Å². The first kappa shape index (κ1) is 16.1. The van der Waals surface area contributed by atoms with Gasteiger partial charge in [0.05, 0.1) is 5.54 Å². The number of thioether (sulfide) groups is 1. The topological polar surface area (TPSA) is 80.4 Å². The third-order valence-electron chi connectivity index (χ3n) is 5.09. The van der Waals surface area contributed by atoms with Gasteiger partial charge in [-0.3, -0.25) is 14.8 Å². The molecule has 2 atom stereocenters. The average Bonchev–Trinajstić information content (AvgIpc) is 3.07. The lowest BCUT2D eigenvalue weighted by Gasteiger charge is -2.36. The van der Waals surface area contributed by atoms with Crippen LogP contribution < -0.4 is 11.1 Å². The van der Waals surface area contributed by atoms with Crippen molar-refractivity contribution in [2.24, 2.45) is 16.6 Å². The number of nitrogens with two attached hydrogens (primary N) is 1. The van der Waals surface area contributed by atoms with E-state index < -0.39 is 0 Å². The van der Waals surface area contributed by atoms with Gasteiger partial charge in [0, 0.05) is 29.4 Å². The number of carbonyl (C=O) groups excluding carboxylic acids is 1. The lowest BCUT2D eigenvalue weighted by molar-refractivity contribution is 0.102. The van der Waals surface area contributed by atoms with Gasteiger partial charge in [0.15, 0.2) is 5.17 Å². The second-order valence-corrected chi connectivity index (χ2v) is 7.59. The molecule has 1 aliphatic heterocycles. The SMILES string of the molecule is NC1=N[C@@]2(c3cccc(NC(=O)c4ccncc4)c3)CCC[C@H]2CS1. The normalized spacial score (nSPS) is 25.1. The number of nitrogens with one attached hydrogen (secondary N) is 1. The van der Waals surface area contributed by atoms with Crippen LogP contribution in [0, 0.1) is 5.92 Å². The van der Waals surface area contributed by atoms with Crippen LogP contribution in [-0.4, -0.2) is 21.8 Å². The third-order valence-corrected chi connectivity index (χ3v) is 6.05. The van der Waals surface area contributed by atoms with Gasteiger partial charge in [0.25, 0.3) is 5.91 Å². The number of hydrogen-bond donors (Lipinski definition) is 2. The summed E-state index contributed by atoms with van der Waals surface area (Å²) in [7, 11) is 0. The van der Waals surface area contributed by atoms with Crippen molar-refractivity contribution >= 4 is 28.5 Å². The Hall–Kier alpha value is -2.34. The van der Waals surface area contributed by atoms with E-state index in [1.54, 1.807) is 36.3 Å². The maximum absolute atomic E-state index is 12.4.